The molecule has 1 aromatic heterocycles. The number of aryl methyl sites for hydroxylation is 1. The Kier molecular flexibility index (Phi) is 4.88. The van der Waals surface area contributed by atoms with Crippen molar-refractivity contribution in [2.24, 2.45) is 0 Å². The summed E-state index contributed by atoms with van der Waals surface area (Å²) in [7, 11) is 3.89. The summed E-state index contributed by atoms with van der Waals surface area (Å²) in [5.74, 6) is -0.350. The molecular weight excluding hydrogens is 318 g/mol. The lowest BCUT2D eigenvalue weighted by atomic mass is 10.2. The number of carbonyl (C=O) groups excluding carboxylic acids is 1. The lowest BCUT2D eigenvalue weighted by Crippen LogP contribution is -2.18. The molecule has 0 unspecified atom stereocenters. The number of nitrogens with one attached hydrogen (secondary N) is 1. The summed E-state index contributed by atoms with van der Waals surface area (Å²) >= 11 is 0. The molecule has 0 aliphatic rings. The van der Waals surface area contributed by atoms with E-state index in [1.54, 1.807) is 16.7 Å². The number of H-pyrrole nitrogens is 1. The number of anilines is 1. The van der Waals surface area contributed by atoms with Gasteiger partial charge in [-0.05, 0) is 42.8 Å². The monoisotopic (exact) mass is 339 g/mol. The Bertz CT molecular complexity index is 923. The molecule has 2 aromatic carbocycles. The molecule has 0 atom stereocenters. The first kappa shape index (κ1) is 16.8. The van der Waals surface area contributed by atoms with Crippen LogP contribution in [0.4, 0.5) is 5.69 Å². The van der Waals surface area contributed by atoms with Gasteiger partial charge < -0.3 is 14.6 Å². The van der Waals surface area contributed by atoms with E-state index in [2.05, 4.69) is 4.98 Å². The number of rotatable bonds is 6. The first-order chi connectivity index (χ1) is 12.1. The van der Waals surface area contributed by atoms with E-state index >= 15 is 0 Å². The lowest BCUT2D eigenvalue weighted by Gasteiger charge is -2.12. The molecule has 0 radical (unpaired) electrons. The highest BCUT2D eigenvalue weighted by Gasteiger charge is 2.09. The van der Waals surface area contributed by atoms with Crippen LogP contribution in [0.3, 0.4) is 0 Å². The molecule has 0 amide bonds. The Morgan fingerprint density at radius 2 is 1.84 bits per heavy atom. The van der Waals surface area contributed by atoms with Crippen LogP contribution in [-0.4, -0.2) is 36.2 Å². The standard InChI is InChI=1S/C19H21N3O3/c1-21(2)15-10-8-14(9-11-15)18(23)25-13-5-12-22-17-7-4-3-6-16(17)20-19(22)24/h3-4,6-11H,5,12-13H2,1-2H3,(H,20,24). The van der Waals surface area contributed by atoms with E-state index in [9.17, 15) is 9.59 Å². The van der Waals surface area contributed by atoms with E-state index in [1.165, 1.54) is 0 Å². The molecule has 3 rings (SSSR count). The molecule has 0 saturated carbocycles. The molecule has 6 heteroatoms. The number of aromatic amines is 1. The van der Waals surface area contributed by atoms with Crippen molar-refractivity contribution in [3.05, 3.63) is 64.6 Å². The van der Waals surface area contributed by atoms with Crippen LogP contribution in [0, 0.1) is 0 Å². The van der Waals surface area contributed by atoms with Crippen LogP contribution in [0.5, 0.6) is 0 Å². The maximum absolute atomic E-state index is 12.1. The molecule has 0 aliphatic heterocycles. The van der Waals surface area contributed by atoms with Gasteiger partial charge in [0.05, 0.1) is 23.2 Å². The smallest absolute Gasteiger partial charge is 0.338 e. The molecule has 130 valence electrons. The molecule has 0 bridgehead atoms. The summed E-state index contributed by atoms with van der Waals surface area (Å²) in [6, 6.07) is 14.8. The lowest BCUT2D eigenvalue weighted by molar-refractivity contribution is 0.0496. The number of para-hydroxylation sites is 2. The number of benzene rings is 2. The fourth-order valence-corrected chi connectivity index (χ4v) is 2.70. The summed E-state index contributed by atoms with van der Waals surface area (Å²) in [4.78, 5) is 28.8. The number of carbonyl (C=O) groups is 1. The second-order valence-electron chi connectivity index (χ2n) is 6.03. The van der Waals surface area contributed by atoms with E-state index in [-0.39, 0.29) is 18.3 Å². The average molecular weight is 339 g/mol. The van der Waals surface area contributed by atoms with Crippen molar-refractivity contribution in [3.63, 3.8) is 0 Å². The normalized spacial score (nSPS) is 10.8. The molecule has 1 heterocycles. The zero-order chi connectivity index (χ0) is 17.8. The molecule has 3 aromatic rings. The van der Waals surface area contributed by atoms with Gasteiger partial charge in [0.25, 0.3) is 0 Å². The van der Waals surface area contributed by atoms with E-state index in [0.29, 0.717) is 18.5 Å². The van der Waals surface area contributed by atoms with Gasteiger partial charge in [0.15, 0.2) is 0 Å². The number of imidazole rings is 1. The van der Waals surface area contributed by atoms with Crippen LogP contribution < -0.4 is 10.6 Å². The van der Waals surface area contributed by atoms with Gasteiger partial charge in [0.1, 0.15) is 0 Å². The second kappa shape index (κ2) is 7.25. The molecule has 6 nitrogen and oxygen atoms in total. The van der Waals surface area contributed by atoms with Gasteiger partial charge in [-0.3, -0.25) is 4.57 Å². The minimum absolute atomic E-state index is 0.146. The highest BCUT2D eigenvalue weighted by Crippen LogP contribution is 2.13. The minimum atomic E-state index is -0.350. The third-order valence-electron chi connectivity index (χ3n) is 4.06. The number of esters is 1. The fraction of sp³-hybridized carbons (Fsp3) is 0.263. The molecular formula is C19H21N3O3. The number of nitrogens with zero attached hydrogens (tertiary/aromatic N) is 2. The summed E-state index contributed by atoms with van der Waals surface area (Å²) in [5.41, 5.74) is 3.07. The topological polar surface area (TPSA) is 67.3 Å². The van der Waals surface area contributed by atoms with E-state index in [0.717, 1.165) is 16.7 Å². The number of hydrogen-bond donors (Lipinski definition) is 1. The summed E-state index contributed by atoms with van der Waals surface area (Å²) in [6.07, 6.45) is 0.573. The van der Waals surface area contributed by atoms with E-state index < -0.39 is 0 Å². The highest BCUT2D eigenvalue weighted by atomic mass is 16.5. The summed E-state index contributed by atoms with van der Waals surface area (Å²) < 4.78 is 6.96. The van der Waals surface area contributed by atoms with Crippen LogP contribution in [0.25, 0.3) is 11.0 Å². The average Bonchev–Trinajstić information content (AvgIpc) is 2.94. The number of aromatic nitrogens is 2. The number of fused-ring (bicyclic) bond motifs is 1. The van der Waals surface area contributed by atoms with Gasteiger partial charge >= 0.3 is 11.7 Å². The van der Waals surface area contributed by atoms with Crippen LogP contribution in [0.1, 0.15) is 16.8 Å². The van der Waals surface area contributed by atoms with Gasteiger partial charge in [-0.15, -0.1) is 0 Å². The first-order valence-electron chi connectivity index (χ1n) is 8.18. The van der Waals surface area contributed by atoms with E-state index in [1.807, 2.05) is 55.4 Å². The number of ether oxygens (including phenoxy) is 1. The Morgan fingerprint density at radius 3 is 2.56 bits per heavy atom. The Balaban J connectivity index is 1.55. The molecule has 0 saturated heterocycles. The van der Waals surface area contributed by atoms with Gasteiger partial charge in [-0.2, -0.15) is 0 Å². The van der Waals surface area contributed by atoms with Crippen molar-refractivity contribution < 1.29 is 9.53 Å². The van der Waals surface area contributed by atoms with Gasteiger partial charge in [0.2, 0.25) is 0 Å². The Morgan fingerprint density at radius 1 is 1.12 bits per heavy atom. The first-order valence-corrected chi connectivity index (χ1v) is 8.18. The van der Waals surface area contributed by atoms with Crippen molar-refractivity contribution in [3.8, 4) is 0 Å². The van der Waals surface area contributed by atoms with Crippen LogP contribution in [0.2, 0.25) is 0 Å². The highest BCUT2D eigenvalue weighted by molar-refractivity contribution is 5.89. The second-order valence-corrected chi connectivity index (χ2v) is 6.03. The maximum Gasteiger partial charge on any atom is 0.338 e. The summed E-state index contributed by atoms with van der Waals surface area (Å²) in [5, 5.41) is 0. The summed E-state index contributed by atoms with van der Waals surface area (Å²) in [6.45, 7) is 0.760. The van der Waals surface area contributed by atoms with Crippen molar-refractivity contribution in [2.75, 3.05) is 25.6 Å². The predicted molar refractivity (Wildman–Crippen MR) is 98.2 cm³/mol. The van der Waals surface area contributed by atoms with Crippen molar-refractivity contribution in [2.45, 2.75) is 13.0 Å². The Labute approximate surface area is 145 Å². The zero-order valence-corrected chi connectivity index (χ0v) is 14.4. The SMILES string of the molecule is CN(C)c1ccc(C(=O)OCCCn2c(=O)[nH]c3ccccc32)cc1. The van der Waals surface area contributed by atoms with Crippen molar-refractivity contribution in [1.29, 1.82) is 0 Å². The third kappa shape index (κ3) is 3.74. The largest absolute Gasteiger partial charge is 0.462 e. The number of hydrogen-bond acceptors (Lipinski definition) is 4. The molecule has 1 N–H and O–H groups in total. The third-order valence-corrected chi connectivity index (χ3v) is 4.06. The quantitative estimate of drug-likeness (QED) is 0.554. The van der Waals surface area contributed by atoms with Crippen molar-refractivity contribution >= 4 is 22.7 Å². The van der Waals surface area contributed by atoms with E-state index in [4.69, 9.17) is 4.74 Å². The van der Waals surface area contributed by atoms with Crippen LogP contribution in [-0.2, 0) is 11.3 Å². The molecule has 25 heavy (non-hydrogen) atoms. The molecule has 0 aliphatic carbocycles. The van der Waals surface area contributed by atoms with Crippen LogP contribution >= 0.6 is 0 Å². The van der Waals surface area contributed by atoms with Crippen LogP contribution in [0.15, 0.2) is 53.3 Å². The van der Waals surface area contributed by atoms with Gasteiger partial charge in [-0.25, -0.2) is 9.59 Å². The maximum atomic E-state index is 12.1. The van der Waals surface area contributed by atoms with Crippen molar-refractivity contribution in [1.82, 2.24) is 9.55 Å². The molecule has 0 fully saturated rings. The zero-order valence-electron chi connectivity index (χ0n) is 14.4. The van der Waals surface area contributed by atoms with Gasteiger partial charge in [0, 0.05) is 26.3 Å². The predicted octanol–water partition coefficient (Wildman–Crippen LogP) is 2.64. The van der Waals surface area contributed by atoms with Gasteiger partial charge in [-0.1, -0.05) is 12.1 Å². The minimum Gasteiger partial charge on any atom is -0.462 e. The molecule has 0 spiro atoms. The Hall–Kier alpha value is -3.02. The fourth-order valence-electron chi connectivity index (χ4n) is 2.70.